The van der Waals surface area contributed by atoms with Crippen molar-refractivity contribution in [2.75, 3.05) is 0 Å². The summed E-state index contributed by atoms with van der Waals surface area (Å²) in [6.07, 6.45) is 0.294. The molecule has 1 N–H and O–H groups in total. The van der Waals surface area contributed by atoms with Crippen LogP contribution in [0.15, 0.2) is 17.0 Å². The summed E-state index contributed by atoms with van der Waals surface area (Å²) in [5.74, 6) is -2.40. The summed E-state index contributed by atoms with van der Waals surface area (Å²) < 4.78 is 36.7. The Morgan fingerprint density at radius 1 is 1.35 bits per heavy atom. The molecule has 0 atom stereocenters. The first-order chi connectivity index (χ1) is 8.92. The molecule has 4 nitrogen and oxygen atoms in total. The van der Waals surface area contributed by atoms with E-state index in [2.05, 4.69) is 19.6 Å². The van der Waals surface area contributed by atoms with Crippen LogP contribution in [0.4, 0.5) is 4.39 Å². The van der Waals surface area contributed by atoms with Crippen molar-refractivity contribution in [2.24, 2.45) is 0 Å². The van der Waals surface area contributed by atoms with E-state index >= 15 is 0 Å². The third-order valence-electron chi connectivity index (χ3n) is 2.78. The molecule has 112 valence electrons. The van der Waals surface area contributed by atoms with E-state index in [9.17, 15) is 17.6 Å². The topological polar surface area (TPSA) is 71.4 Å². The molecule has 0 saturated carbocycles. The third-order valence-corrected chi connectivity index (χ3v) is 5.86. The van der Waals surface area contributed by atoms with Crippen molar-refractivity contribution in [3.63, 3.8) is 0 Å². The first-order valence-corrected chi connectivity index (χ1v) is 11.9. The van der Waals surface area contributed by atoms with Crippen LogP contribution in [-0.4, -0.2) is 27.6 Å². The lowest BCUT2D eigenvalue weighted by Crippen LogP contribution is -2.20. The monoisotopic (exact) mass is 338 g/mol. The van der Waals surface area contributed by atoms with Crippen molar-refractivity contribution in [2.45, 2.75) is 37.0 Å². The maximum atomic E-state index is 14.1. The van der Waals surface area contributed by atoms with Crippen LogP contribution < -0.4 is 0 Å². The third kappa shape index (κ3) is 4.57. The minimum absolute atomic E-state index is 0.0755. The molecule has 1 aromatic rings. The summed E-state index contributed by atoms with van der Waals surface area (Å²) in [5, 5.41) is 8.94. The van der Waals surface area contributed by atoms with Gasteiger partial charge in [0.05, 0.1) is 10.5 Å². The van der Waals surface area contributed by atoms with Crippen molar-refractivity contribution < 1.29 is 22.7 Å². The predicted octanol–water partition coefficient (Wildman–Crippen LogP) is 3.33. The average Bonchev–Trinajstić information content (AvgIpc) is 2.24. The summed E-state index contributed by atoms with van der Waals surface area (Å²) in [7, 11) is -0.351. The van der Waals surface area contributed by atoms with E-state index in [-0.39, 0.29) is 10.5 Å². The van der Waals surface area contributed by atoms with Crippen LogP contribution in [0.5, 0.6) is 0 Å². The van der Waals surface area contributed by atoms with E-state index in [4.69, 9.17) is 15.8 Å². The molecular formula is C12H16ClFO4SSi. The molecule has 20 heavy (non-hydrogen) atoms. The van der Waals surface area contributed by atoms with Gasteiger partial charge in [0, 0.05) is 18.8 Å². The van der Waals surface area contributed by atoms with Gasteiger partial charge in [-0.05, 0) is 24.1 Å². The van der Waals surface area contributed by atoms with Crippen LogP contribution in [0.3, 0.4) is 0 Å². The van der Waals surface area contributed by atoms with Gasteiger partial charge >= 0.3 is 5.97 Å². The van der Waals surface area contributed by atoms with Gasteiger partial charge in [0.25, 0.3) is 9.05 Å². The maximum Gasteiger partial charge on any atom is 0.338 e. The maximum absolute atomic E-state index is 14.1. The lowest BCUT2D eigenvalue weighted by molar-refractivity contribution is 0.0691. The Morgan fingerprint density at radius 2 is 1.90 bits per heavy atom. The van der Waals surface area contributed by atoms with Crippen molar-refractivity contribution in [3.8, 4) is 0 Å². The lowest BCUT2D eigenvalue weighted by atomic mass is 10.1. The predicted molar refractivity (Wildman–Crippen MR) is 78.3 cm³/mol. The van der Waals surface area contributed by atoms with Crippen molar-refractivity contribution in [3.05, 3.63) is 29.1 Å². The van der Waals surface area contributed by atoms with E-state index < -0.39 is 34.5 Å². The second kappa shape index (κ2) is 5.83. The summed E-state index contributed by atoms with van der Waals surface area (Å²) in [6, 6.07) is 2.58. The highest BCUT2D eigenvalue weighted by atomic mass is 35.7. The van der Waals surface area contributed by atoms with E-state index in [0.717, 1.165) is 18.2 Å². The molecule has 0 aliphatic heterocycles. The average molecular weight is 339 g/mol. The molecule has 1 aromatic carbocycles. The molecule has 0 saturated heterocycles. The number of rotatable bonds is 5. The van der Waals surface area contributed by atoms with Gasteiger partial charge in [-0.2, -0.15) is 0 Å². The zero-order valence-electron chi connectivity index (χ0n) is 11.4. The van der Waals surface area contributed by atoms with Gasteiger partial charge in [0.15, 0.2) is 0 Å². The Morgan fingerprint density at radius 3 is 2.30 bits per heavy atom. The Hall–Kier alpha value is -0.923. The van der Waals surface area contributed by atoms with E-state index in [1.165, 1.54) is 0 Å². The number of carbonyl (C=O) groups is 1. The van der Waals surface area contributed by atoms with Crippen LogP contribution in [0.2, 0.25) is 25.7 Å². The normalized spacial score (nSPS) is 12.4. The molecule has 0 fully saturated rings. The summed E-state index contributed by atoms with van der Waals surface area (Å²) in [4.78, 5) is 10.6. The van der Waals surface area contributed by atoms with Crippen LogP contribution >= 0.6 is 10.7 Å². The number of hydrogen-bond donors (Lipinski definition) is 1. The minimum Gasteiger partial charge on any atom is -0.478 e. The molecule has 1 rings (SSSR count). The van der Waals surface area contributed by atoms with Crippen LogP contribution in [-0.2, 0) is 15.5 Å². The Balaban J connectivity index is 3.36. The van der Waals surface area contributed by atoms with Gasteiger partial charge in [0.2, 0.25) is 0 Å². The number of benzene rings is 1. The molecule has 0 radical (unpaired) electrons. The molecular weight excluding hydrogens is 323 g/mol. The highest BCUT2D eigenvalue weighted by Gasteiger charge is 2.22. The fraction of sp³-hybridized carbons (Fsp3) is 0.417. The quantitative estimate of drug-likeness (QED) is 0.660. The molecule has 0 spiro atoms. The Kier molecular flexibility index (Phi) is 4.99. The summed E-state index contributed by atoms with van der Waals surface area (Å²) in [6.45, 7) is 6.27. The molecule has 8 heteroatoms. The zero-order valence-corrected chi connectivity index (χ0v) is 14.0. The Labute approximate surface area is 123 Å². The van der Waals surface area contributed by atoms with Gasteiger partial charge in [-0.25, -0.2) is 17.6 Å². The number of carboxylic acids is 1. The largest absolute Gasteiger partial charge is 0.478 e. The first-order valence-electron chi connectivity index (χ1n) is 5.92. The van der Waals surface area contributed by atoms with Crippen molar-refractivity contribution >= 4 is 33.8 Å². The number of hydrogen-bond acceptors (Lipinski definition) is 3. The SMILES string of the molecule is C[Si](C)(C)CCc1cc(S(=O)(=O)Cl)cc(C(=O)O)c1F. The molecule has 0 unspecified atom stereocenters. The van der Waals surface area contributed by atoms with Crippen molar-refractivity contribution in [1.29, 1.82) is 0 Å². The highest BCUT2D eigenvalue weighted by molar-refractivity contribution is 8.13. The molecule has 0 aliphatic rings. The smallest absolute Gasteiger partial charge is 0.338 e. The number of aromatic carboxylic acids is 1. The highest BCUT2D eigenvalue weighted by Crippen LogP contribution is 2.25. The Bertz CT molecular complexity index is 638. The van der Waals surface area contributed by atoms with Gasteiger partial charge in [0.1, 0.15) is 5.82 Å². The van der Waals surface area contributed by atoms with Crippen LogP contribution in [0.25, 0.3) is 0 Å². The van der Waals surface area contributed by atoms with Gasteiger partial charge in [-0.3, -0.25) is 0 Å². The second-order valence-electron chi connectivity index (χ2n) is 5.75. The van der Waals surface area contributed by atoms with Gasteiger partial charge in [-0.15, -0.1) is 0 Å². The van der Waals surface area contributed by atoms with E-state index in [0.29, 0.717) is 6.42 Å². The van der Waals surface area contributed by atoms with E-state index in [1.807, 2.05) is 0 Å². The first kappa shape index (κ1) is 17.1. The molecule has 0 aromatic heterocycles. The second-order valence-corrected chi connectivity index (χ2v) is 13.9. The fourth-order valence-electron chi connectivity index (χ4n) is 1.64. The van der Waals surface area contributed by atoms with Crippen LogP contribution in [0, 0.1) is 5.82 Å². The molecule has 0 bridgehead atoms. The standard InChI is InChI=1S/C12H16ClFO4SSi/c1-20(2,3)5-4-8-6-9(19(13,17)18)7-10(11(8)14)12(15)16/h6-7H,4-5H2,1-3H3,(H,15,16). The van der Waals surface area contributed by atoms with E-state index in [1.54, 1.807) is 0 Å². The summed E-state index contributed by atoms with van der Waals surface area (Å²) in [5.41, 5.74) is -0.594. The minimum atomic E-state index is -4.10. The lowest BCUT2D eigenvalue weighted by Gasteiger charge is -2.16. The molecule has 0 aliphatic carbocycles. The van der Waals surface area contributed by atoms with Gasteiger partial charge in [-0.1, -0.05) is 25.7 Å². The number of halogens is 2. The molecule has 0 heterocycles. The number of carboxylic acid groups (broad SMARTS) is 1. The molecule has 0 amide bonds. The van der Waals surface area contributed by atoms with Crippen LogP contribution in [0.1, 0.15) is 15.9 Å². The van der Waals surface area contributed by atoms with Gasteiger partial charge < -0.3 is 5.11 Å². The summed E-state index contributed by atoms with van der Waals surface area (Å²) >= 11 is 0. The fourth-order valence-corrected chi connectivity index (χ4v) is 3.47. The zero-order chi connectivity index (χ0) is 15.7. The number of aryl methyl sites for hydroxylation is 1. The van der Waals surface area contributed by atoms with Crippen molar-refractivity contribution in [1.82, 2.24) is 0 Å².